The van der Waals surface area contributed by atoms with Gasteiger partial charge in [-0.15, -0.1) is 0 Å². The van der Waals surface area contributed by atoms with Gasteiger partial charge in [-0.3, -0.25) is 19.8 Å². The summed E-state index contributed by atoms with van der Waals surface area (Å²) in [4.78, 5) is 26.4. The Kier molecular flexibility index (Phi) is 7.02. The lowest BCUT2D eigenvalue weighted by atomic mass is 10.1. The van der Waals surface area contributed by atoms with Crippen molar-refractivity contribution >= 4 is 16.8 Å². The van der Waals surface area contributed by atoms with Crippen LogP contribution in [-0.4, -0.2) is 74.3 Å². The molecule has 2 bridgehead atoms. The van der Waals surface area contributed by atoms with E-state index in [2.05, 4.69) is 39.1 Å². The standard InChI is InChI=1S/C29H32N6O3/c1-2-13-37-19-29(36)34-17-23-6-7-24(18-34)35(23)16-22-5-3-20-14-25(8-9-26(20)32-22)38-28-10-4-21(15-30-28)27-11-12-31-33-27/h3-5,8-12,14-15,23-24H,2,6-7,13,16-19H2,1H3,(H,31,33). The van der Waals surface area contributed by atoms with Crippen molar-refractivity contribution in [1.82, 2.24) is 30.0 Å². The van der Waals surface area contributed by atoms with Crippen LogP contribution in [-0.2, 0) is 16.1 Å². The Bertz CT molecular complexity index is 1380. The summed E-state index contributed by atoms with van der Waals surface area (Å²) in [5, 5.41) is 7.93. The van der Waals surface area contributed by atoms with Gasteiger partial charge in [0.1, 0.15) is 12.4 Å². The Morgan fingerprint density at radius 2 is 1.95 bits per heavy atom. The normalized spacial score (nSPS) is 19.2. The number of likely N-dealkylation sites (tertiary alicyclic amines) is 1. The van der Waals surface area contributed by atoms with Crippen LogP contribution in [0.2, 0.25) is 0 Å². The average Bonchev–Trinajstić information content (AvgIpc) is 3.55. The molecule has 6 rings (SSSR count). The number of carbonyl (C=O) groups excluding carboxylic acids is 1. The van der Waals surface area contributed by atoms with Gasteiger partial charge >= 0.3 is 0 Å². The van der Waals surface area contributed by atoms with Crippen LogP contribution in [0, 0.1) is 0 Å². The summed E-state index contributed by atoms with van der Waals surface area (Å²) < 4.78 is 11.5. The lowest BCUT2D eigenvalue weighted by Crippen LogP contribution is -2.55. The molecule has 0 spiro atoms. The Morgan fingerprint density at radius 1 is 1.08 bits per heavy atom. The van der Waals surface area contributed by atoms with E-state index in [1.165, 1.54) is 0 Å². The van der Waals surface area contributed by atoms with Crippen LogP contribution in [0.3, 0.4) is 0 Å². The van der Waals surface area contributed by atoms with Crippen molar-refractivity contribution in [1.29, 1.82) is 0 Å². The first kappa shape index (κ1) is 24.5. The van der Waals surface area contributed by atoms with Crippen LogP contribution in [0.15, 0.2) is 60.9 Å². The maximum absolute atomic E-state index is 12.6. The Labute approximate surface area is 221 Å². The quantitative estimate of drug-likeness (QED) is 0.332. The van der Waals surface area contributed by atoms with E-state index in [-0.39, 0.29) is 12.5 Å². The van der Waals surface area contributed by atoms with E-state index in [0.29, 0.717) is 24.6 Å². The number of H-pyrrole nitrogens is 1. The first-order valence-corrected chi connectivity index (χ1v) is 13.3. The summed E-state index contributed by atoms with van der Waals surface area (Å²) in [6.07, 6.45) is 6.65. The molecule has 9 nitrogen and oxygen atoms in total. The molecule has 2 aliphatic rings. The number of piperazine rings is 1. The van der Waals surface area contributed by atoms with Crippen molar-refractivity contribution in [3.05, 3.63) is 66.6 Å². The maximum atomic E-state index is 12.6. The van der Waals surface area contributed by atoms with Gasteiger partial charge < -0.3 is 14.4 Å². The molecular weight excluding hydrogens is 480 g/mol. The number of benzene rings is 1. The average molecular weight is 513 g/mol. The monoisotopic (exact) mass is 512 g/mol. The highest BCUT2D eigenvalue weighted by Gasteiger charge is 2.41. The molecule has 0 saturated carbocycles. The van der Waals surface area contributed by atoms with Gasteiger partial charge in [-0.05, 0) is 55.7 Å². The Balaban J connectivity index is 1.09. The molecule has 2 unspecified atom stereocenters. The summed E-state index contributed by atoms with van der Waals surface area (Å²) in [6, 6.07) is 16.6. The minimum atomic E-state index is 0.112. The second-order valence-electron chi connectivity index (χ2n) is 10.0. The molecule has 1 aromatic carbocycles. The van der Waals surface area contributed by atoms with Gasteiger partial charge in [0.05, 0.1) is 16.9 Å². The molecule has 2 aliphatic heterocycles. The predicted molar refractivity (Wildman–Crippen MR) is 144 cm³/mol. The van der Waals surface area contributed by atoms with E-state index < -0.39 is 0 Å². The summed E-state index contributed by atoms with van der Waals surface area (Å²) >= 11 is 0. The number of pyridine rings is 2. The fraction of sp³-hybridized carbons (Fsp3) is 0.379. The number of fused-ring (bicyclic) bond motifs is 3. The lowest BCUT2D eigenvalue weighted by molar-refractivity contribution is -0.139. The number of hydrogen-bond donors (Lipinski definition) is 1. The van der Waals surface area contributed by atoms with Crippen LogP contribution in [0.1, 0.15) is 31.9 Å². The third kappa shape index (κ3) is 5.25. The molecule has 2 fully saturated rings. The molecule has 38 heavy (non-hydrogen) atoms. The molecule has 1 N–H and O–H groups in total. The molecule has 0 aliphatic carbocycles. The third-order valence-corrected chi connectivity index (χ3v) is 7.39. The summed E-state index contributed by atoms with van der Waals surface area (Å²) in [6.45, 7) is 5.22. The van der Waals surface area contributed by atoms with Crippen LogP contribution >= 0.6 is 0 Å². The fourth-order valence-electron chi connectivity index (χ4n) is 5.47. The van der Waals surface area contributed by atoms with E-state index >= 15 is 0 Å². The molecule has 196 valence electrons. The first-order chi connectivity index (χ1) is 18.7. The second-order valence-corrected chi connectivity index (χ2v) is 10.0. The van der Waals surface area contributed by atoms with Gasteiger partial charge in [-0.1, -0.05) is 13.0 Å². The highest BCUT2D eigenvalue weighted by Crippen LogP contribution is 2.32. The molecular formula is C29H32N6O3. The van der Waals surface area contributed by atoms with Crippen molar-refractivity contribution < 1.29 is 14.3 Å². The first-order valence-electron chi connectivity index (χ1n) is 13.3. The highest BCUT2D eigenvalue weighted by atomic mass is 16.5. The second kappa shape index (κ2) is 10.9. The van der Waals surface area contributed by atoms with Gasteiger partial charge in [-0.2, -0.15) is 5.10 Å². The lowest BCUT2D eigenvalue weighted by Gasteiger charge is -2.41. The maximum Gasteiger partial charge on any atom is 0.248 e. The molecule has 9 heteroatoms. The molecule has 4 aromatic rings. The number of rotatable bonds is 9. The number of nitrogens with zero attached hydrogens (tertiary/aromatic N) is 5. The van der Waals surface area contributed by atoms with E-state index in [1.54, 1.807) is 12.4 Å². The minimum absolute atomic E-state index is 0.112. The number of nitrogens with one attached hydrogen (secondary N) is 1. The zero-order valence-electron chi connectivity index (χ0n) is 21.5. The SMILES string of the molecule is CCCOCC(=O)N1CC2CCC(C1)N2Cc1ccc2cc(Oc3ccc(-c4ccn[nH]4)cn3)ccc2n1. The van der Waals surface area contributed by atoms with Gasteiger partial charge in [0, 0.05) is 67.7 Å². The fourth-order valence-corrected chi connectivity index (χ4v) is 5.47. The summed E-state index contributed by atoms with van der Waals surface area (Å²) in [5.74, 6) is 1.36. The zero-order valence-corrected chi connectivity index (χ0v) is 21.5. The van der Waals surface area contributed by atoms with Crippen molar-refractivity contribution in [2.45, 2.75) is 44.8 Å². The smallest absolute Gasteiger partial charge is 0.248 e. The molecule has 0 radical (unpaired) electrons. The molecule has 1 amide bonds. The Hall–Kier alpha value is -3.82. The molecule has 2 saturated heterocycles. The van der Waals surface area contributed by atoms with E-state index in [1.807, 2.05) is 41.3 Å². The third-order valence-electron chi connectivity index (χ3n) is 7.39. The van der Waals surface area contributed by atoms with Crippen LogP contribution in [0.4, 0.5) is 0 Å². The number of carbonyl (C=O) groups is 1. The molecule has 2 atom stereocenters. The topological polar surface area (TPSA) is 96.5 Å². The van der Waals surface area contributed by atoms with Crippen molar-refractivity contribution in [2.24, 2.45) is 0 Å². The predicted octanol–water partition coefficient (Wildman–Crippen LogP) is 4.41. The van der Waals surface area contributed by atoms with E-state index in [0.717, 1.165) is 72.5 Å². The zero-order chi connectivity index (χ0) is 25.9. The Morgan fingerprint density at radius 3 is 2.68 bits per heavy atom. The largest absolute Gasteiger partial charge is 0.439 e. The van der Waals surface area contributed by atoms with Gasteiger partial charge in [0.25, 0.3) is 0 Å². The van der Waals surface area contributed by atoms with E-state index in [4.69, 9.17) is 14.5 Å². The summed E-state index contributed by atoms with van der Waals surface area (Å²) in [7, 11) is 0. The van der Waals surface area contributed by atoms with Crippen molar-refractivity contribution in [2.75, 3.05) is 26.3 Å². The van der Waals surface area contributed by atoms with Gasteiger partial charge in [0.2, 0.25) is 11.8 Å². The van der Waals surface area contributed by atoms with Crippen molar-refractivity contribution in [3.63, 3.8) is 0 Å². The van der Waals surface area contributed by atoms with Crippen molar-refractivity contribution in [3.8, 4) is 22.9 Å². The van der Waals surface area contributed by atoms with Crippen LogP contribution in [0.25, 0.3) is 22.2 Å². The molecule has 3 aromatic heterocycles. The number of amides is 1. The number of ether oxygens (including phenoxy) is 2. The number of hydrogen-bond acceptors (Lipinski definition) is 7. The molecule has 5 heterocycles. The van der Waals surface area contributed by atoms with Crippen LogP contribution in [0.5, 0.6) is 11.6 Å². The summed E-state index contributed by atoms with van der Waals surface area (Å²) in [5.41, 5.74) is 3.85. The number of aromatic nitrogens is 4. The highest BCUT2D eigenvalue weighted by molar-refractivity contribution is 5.80. The van der Waals surface area contributed by atoms with Gasteiger partial charge in [0.15, 0.2) is 0 Å². The minimum Gasteiger partial charge on any atom is -0.439 e. The van der Waals surface area contributed by atoms with Crippen LogP contribution < -0.4 is 4.74 Å². The van der Waals surface area contributed by atoms with Gasteiger partial charge in [-0.25, -0.2) is 4.98 Å². The van der Waals surface area contributed by atoms with E-state index in [9.17, 15) is 4.79 Å². The number of aromatic amines is 1.